The monoisotopic (exact) mass is 397 g/mol. The van der Waals surface area contributed by atoms with Crippen molar-refractivity contribution in [3.8, 4) is 11.3 Å². The van der Waals surface area contributed by atoms with Gasteiger partial charge in [0.05, 0.1) is 17.6 Å². The first-order valence-corrected chi connectivity index (χ1v) is 8.59. The van der Waals surface area contributed by atoms with E-state index in [0.29, 0.717) is 24.3 Å². The summed E-state index contributed by atoms with van der Waals surface area (Å²) in [5, 5.41) is 2.81. The fourth-order valence-corrected chi connectivity index (χ4v) is 2.86. The van der Waals surface area contributed by atoms with E-state index in [0.717, 1.165) is 10.0 Å². The summed E-state index contributed by atoms with van der Waals surface area (Å²) < 4.78 is 2.21. The Morgan fingerprint density at radius 2 is 1.80 bits per heavy atom. The summed E-state index contributed by atoms with van der Waals surface area (Å²) in [7, 11) is 0. The Labute approximate surface area is 153 Å². The molecule has 2 aromatic carbocycles. The maximum atomic E-state index is 12.2. The van der Waals surface area contributed by atoms with Gasteiger partial charge in [0.15, 0.2) is 0 Å². The lowest BCUT2D eigenvalue weighted by atomic mass is 10.1. The van der Waals surface area contributed by atoms with Crippen LogP contribution in [0, 0.1) is 0 Å². The van der Waals surface area contributed by atoms with Crippen molar-refractivity contribution in [1.82, 2.24) is 14.9 Å². The molecule has 0 unspecified atom stereocenters. The van der Waals surface area contributed by atoms with Crippen LogP contribution in [0.2, 0.25) is 0 Å². The van der Waals surface area contributed by atoms with Gasteiger partial charge in [-0.05, 0) is 28.1 Å². The molecule has 3 aromatic rings. The number of hydrogen-bond acceptors (Lipinski definition) is 3. The minimum absolute atomic E-state index is 0.149. The summed E-state index contributed by atoms with van der Waals surface area (Å²) in [5.74, 6) is -0.186. The standard InChI is InChI=1S/C19H16BrN3O2/c20-16-9-5-4-8-15(16)19(25)21-10-11-23-13-22-17(12-18(23)24)14-6-2-1-3-7-14/h1-9,12-13H,10-11H2,(H,21,25). The van der Waals surface area contributed by atoms with Gasteiger partial charge in [-0.2, -0.15) is 0 Å². The second-order valence-corrected chi connectivity index (χ2v) is 6.26. The van der Waals surface area contributed by atoms with Gasteiger partial charge < -0.3 is 5.32 Å². The van der Waals surface area contributed by atoms with Crippen LogP contribution in [-0.4, -0.2) is 22.0 Å². The minimum Gasteiger partial charge on any atom is -0.350 e. The molecule has 6 heteroatoms. The van der Waals surface area contributed by atoms with Crippen LogP contribution in [0.5, 0.6) is 0 Å². The molecule has 0 radical (unpaired) electrons. The van der Waals surface area contributed by atoms with Gasteiger partial charge in [0.25, 0.3) is 11.5 Å². The average Bonchev–Trinajstić information content (AvgIpc) is 2.64. The molecular formula is C19H16BrN3O2. The molecule has 1 heterocycles. The molecule has 0 aliphatic rings. The number of amides is 1. The lowest BCUT2D eigenvalue weighted by molar-refractivity contribution is 0.0951. The van der Waals surface area contributed by atoms with Gasteiger partial charge in [-0.3, -0.25) is 14.2 Å². The molecule has 0 saturated carbocycles. The van der Waals surface area contributed by atoms with Crippen molar-refractivity contribution in [3.05, 3.63) is 87.4 Å². The number of rotatable bonds is 5. The Bertz CT molecular complexity index is 939. The van der Waals surface area contributed by atoms with E-state index >= 15 is 0 Å². The van der Waals surface area contributed by atoms with Crippen LogP contribution in [0.15, 0.2) is 76.3 Å². The summed E-state index contributed by atoms with van der Waals surface area (Å²) in [6.45, 7) is 0.698. The predicted octanol–water partition coefficient (Wildman–Crippen LogP) is 3.10. The van der Waals surface area contributed by atoms with E-state index < -0.39 is 0 Å². The van der Waals surface area contributed by atoms with E-state index in [2.05, 4.69) is 26.2 Å². The highest BCUT2D eigenvalue weighted by Crippen LogP contribution is 2.15. The minimum atomic E-state index is -0.186. The van der Waals surface area contributed by atoms with Crippen molar-refractivity contribution in [2.75, 3.05) is 6.54 Å². The molecule has 25 heavy (non-hydrogen) atoms. The number of nitrogens with one attached hydrogen (secondary N) is 1. The second kappa shape index (κ2) is 7.90. The third-order valence-corrected chi connectivity index (χ3v) is 4.40. The smallest absolute Gasteiger partial charge is 0.253 e. The molecule has 5 nitrogen and oxygen atoms in total. The molecule has 0 fully saturated rings. The molecule has 126 valence electrons. The van der Waals surface area contributed by atoms with Crippen LogP contribution < -0.4 is 10.9 Å². The largest absolute Gasteiger partial charge is 0.350 e. The second-order valence-electron chi connectivity index (χ2n) is 5.41. The van der Waals surface area contributed by atoms with E-state index in [1.807, 2.05) is 42.5 Å². The molecule has 0 atom stereocenters. The van der Waals surface area contributed by atoms with Gasteiger partial charge >= 0.3 is 0 Å². The normalized spacial score (nSPS) is 10.4. The SMILES string of the molecule is O=C(NCCn1cnc(-c2ccccc2)cc1=O)c1ccccc1Br. The zero-order chi connectivity index (χ0) is 17.6. The maximum Gasteiger partial charge on any atom is 0.253 e. The van der Waals surface area contributed by atoms with Crippen molar-refractivity contribution in [2.45, 2.75) is 6.54 Å². The number of nitrogens with zero attached hydrogens (tertiary/aromatic N) is 2. The molecule has 1 N–H and O–H groups in total. The fraction of sp³-hybridized carbons (Fsp3) is 0.105. The van der Waals surface area contributed by atoms with E-state index in [9.17, 15) is 9.59 Å². The number of carbonyl (C=O) groups is 1. The van der Waals surface area contributed by atoms with Crippen molar-refractivity contribution in [3.63, 3.8) is 0 Å². The summed E-state index contributed by atoms with van der Waals surface area (Å²) in [6.07, 6.45) is 1.51. The molecule has 0 bridgehead atoms. The molecule has 1 aromatic heterocycles. The first kappa shape index (κ1) is 17.1. The number of carbonyl (C=O) groups excluding carboxylic acids is 1. The summed E-state index contributed by atoms with van der Waals surface area (Å²) >= 11 is 3.35. The average molecular weight is 398 g/mol. The lowest BCUT2D eigenvalue weighted by Gasteiger charge is -2.09. The van der Waals surface area contributed by atoms with E-state index in [1.165, 1.54) is 17.0 Å². The topological polar surface area (TPSA) is 64.0 Å². The highest BCUT2D eigenvalue weighted by molar-refractivity contribution is 9.10. The molecule has 0 saturated heterocycles. The van der Waals surface area contributed by atoms with Gasteiger partial charge in [0.2, 0.25) is 0 Å². The van der Waals surface area contributed by atoms with Crippen molar-refractivity contribution >= 4 is 21.8 Å². The van der Waals surface area contributed by atoms with Crippen molar-refractivity contribution < 1.29 is 4.79 Å². The van der Waals surface area contributed by atoms with Crippen LogP contribution in [0.4, 0.5) is 0 Å². The Morgan fingerprint density at radius 1 is 1.08 bits per heavy atom. The van der Waals surface area contributed by atoms with Crippen LogP contribution in [0.25, 0.3) is 11.3 Å². The number of hydrogen-bond donors (Lipinski definition) is 1. The molecule has 0 aliphatic heterocycles. The van der Waals surface area contributed by atoms with Crippen molar-refractivity contribution in [2.24, 2.45) is 0 Å². The Morgan fingerprint density at radius 3 is 2.52 bits per heavy atom. The summed E-state index contributed by atoms with van der Waals surface area (Å²) in [6, 6.07) is 18.2. The predicted molar refractivity (Wildman–Crippen MR) is 100 cm³/mol. The first-order valence-electron chi connectivity index (χ1n) is 7.80. The van der Waals surface area contributed by atoms with Crippen LogP contribution >= 0.6 is 15.9 Å². The fourth-order valence-electron chi connectivity index (χ4n) is 2.39. The third-order valence-electron chi connectivity index (χ3n) is 3.71. The Hall–Kier alpha value is -2.73. The van der Waals surface area contributed by atoms with Crippen LogP contribution in [0.1, 0.15) is 10.4 Å². The number of benzene rings is 2. The molecule has 3 rings (SSSR count). The van der Waals surface area contributed by atoms with Gasteiger partial charge in [-0.15, -0.1) is 0 Å². The van der Waals surface area contributed by atoms with Crippen molar-refractivity contribution in [1.29, 1.82) is 0 Å². The maximum absolute atomic E-state index is 12.2. The lowest BCUT2D eigenvalue weighted by Crippen LogP contribution is -2.31. The van der Waals surface area contributed by atoms with E-state index in [1.54, 1.807) is 12.1 Å². The van der Waals surface area contributed by atoms with Gasteiger partial charge in [-0.25, -0.2) is 4.98 Å². The first-order chi connectivity index (χ1) is 12.1. The van der Waals surface area contributed by atoms with Crippen LogP contribution in [0.3, 0.4) is 0 Å². The summed E-state index contributed by atoms with van der Waals surface area (Å²) in [5.41, 5.74) is 1.95. The molecule has 0 aliphatic carbocycles. The van der Waals surface area contributed by atoms with Crippen LogP contribution in [-0.2, 0) is 6.54 Å². The van der Waals surface area contributed by atoms with E-state index in [-0.39, 0.29) is 11.5 Å². The highest BCUT2D eigenvalue weighted by atomic mass is 79.9. The zero-order valence-corrected chi connectivity index (χ0v) is 14.9. The molecule has 1 amide bonds. The highest BCUT2D eigenvalue weighted by Gasteiger charge is 2.08. The van der Waals surface area contributed by atoms with E-state index in [4.69, 9.17) is 0 Å². The number of halogens is 1. The summed E-state index contributed by atoms with van der Waals surface area (Å²) in [4.78, 5) is 28.7. The zero-order valence-electron chi connectivity index (χ0n) is 13.4. The third kappa shape index (κ3) is 4.22. The Kier molecular flexibility index (Phi) is 5.40. The molecule has 0 spiro atoms. The quantitative estimate of drug-likeness (QED) is 0.719. The molecular weight excluding hydrogens is 382 g/mol. The van der Waals surface area contributed by atoms with Gasteiger partial charge in [0.1, 0.15) is 0 Å². The van der Waals surface area contributed by atoms with Gasteiger partial charge in [0, 0.05) is 29.2 Å². The van der Waals surface area contributed by atoms with Gasteiger partial charge in [-0.1, -0.05) is 42.5 Å². The Balaban J connectivity index is 1.63. The number of aromatic nitrogens is 2.